The van der Waals surface area contributed by atoms with Gasteiger partial charge >= 0.3 is 0 Å². The topological polar surface area (TPSA) is 30.5 Å². The predicted octanol–water partition coefficient (Wildman–Crippen LogP) is 3.02. The summed E-state index contributed by atoms with van der Waals surface area (Å²) in [6.07, 6.45) is 2.33. The molecule has 20 heavy (non-hydrogen) atoms. The van der Waals surface area contributed by atoms with Crippen molar-refractivity contribution in [3.8, 4) is 0 Å². The van der Waals surface area contributed by atoms with Crippen molar-refractivity contribution in [2.75, 3.05) is 7.05 Å². The molecule has 2 rings (SSSR count). The Balaban J connectivity index is 1.94. The Bertz CT molecular complexity index is 428. The highest BCUT2D eigenvalue weighted by atomic mass is 19.1. The number of benzene rings is 1. The van der Waals surface area contributed by atoms with E-state index in [2.05, 4.69) is 19.2 Å². The molecule has 1 saturated heterocycles. The molecule has 4 heteroatoms. The van der Waals surface area contributed by atoms with Crippen LogP contribution in [0.25, 0.3) is 0 Å². The summed E-state index contributed by atoms with van der Waals surface area (Å²) in [4.78, 5) is 0. The van der Waals surface area contributed by atoms with Crippen LogP contribution in [-0.4, -0.2) is 25.4 Å². The van der Waals surface area contributed by atoms with E-state index in [1.54, 1.807) is 6.07 Å². The van der Waals surface area contributed by atoms with Gasteiger partial charge < -0.3 is 14.8 Å². The van der Waals surface area contributed by atoms with Gasteiger partial charge in [-0.1, -0.05) is 6.07 Å². The van der Waals surface area contributed by atoms with Gasteiger partial charge in [0, 0.05) is 12.1 Å². The van der Waals surface area contributed by atoms with Crippen LogP contribution in [0, 0.1) is 5.82 Å². The summed E-state index contributed by atoms with van der Waals surface area (Å²) in [6.45, 7) is 5.17. The number of hydrogen-bond donors (Lipinski definition) is 1. The molecule has 1 fully saturated rings. The Morgan fingerprint density at radius 1 is 1.30 bits per heavy atom. The number of halogens is 1. The zero-order chi connectivity index (χ0) is 14.5. The fraction of sp³-hybridized carbons (Fsp3) is 0.625. The first kappa shape index (κ1) is 15.4. The van der Waals surface area contributed by atoms with Crippen LogP contribution >= 0.6 is 0 Å². The highest BCUT2D eigenvalue weighted by molar-refractivity contribution is 5.24. The second kappa shape index (κ2) is 7.16. The van der Waals surface area contributed by atoms with E-state index in [9.17, 15) is 4.39 Å². The third kappa shape index (κ3) is 4.27. The van der Waals surface area contributed by atoms with Crippen molar-refractivity contribution < 1.29 is 13.9 Å². The Morgan fingerprint density at radius 2 is 2.00 bits per heavy atom. The Hall–Kier alpha value is -0.970. The fourth-order valence-corrected chi connectivity index (χ4v) is 2.74. The van der Waals surface area contributed by atoms with Crippen molar-refractivity contribution in [3.05, 3.63) is 35.1 Å². The molecular formula is C16H24FNO2. The first-order valence-corrected chi connectivity index (χ1v) is 7.27. The van der Waals surface area contributed by atoms with Gasteiger partial charge in [0.05, 0.1) is 24.9 Å². The number of hydrogen-bond acceptors (Lipinski definition) is 3. The number of nitrogens with one attached hydrogen (secondary N) is 1. The molecule has 1 aliphatic heterocycles. The van der Waals surface area contributed by atoms with Crippen LogP contribution in [0.5, 0.6) is 0 Å². The van der Waals surface area contributed by atoms with Gasteiger partial charge in [-0.25, -0.2) is 4.39 Å². The van der Waals surface area contributed by atoms with Crippen LogP contribution < -0.4 is 5.32 Å². The summed E-state index contributed by atoms with van der Waals surface area (Å²) >= 11 is 0. The normalized spacial score (nSPS) is 26.7. The molecule has 0 spiro atoms. The van der Waals surface area contributed by atoms with Gasteiger partial charge in [-0.3, -0.25) is 0 Å². The van der Waals surface area contributed by atoms with Gasteiger partial charge in [-0.15, -0.1) is 0 Å². The second-order valence-corrected chi connectivity index (χ2v) is 5.62. The minimum Gasteiger partial charge on any atom is -0.375 e. The lowest BCUT2D eigenvalue weighted by atomic mass is 10.0. The number of rotatable bonds is 5. The molecular weight excluding hydrogens is 257 g/mol. The van der Waals surface area contributed by atoms with Crippen molar-refractivity contribution in [2.24, 2.45) is 0 Å². The summed E-state index contributed by atoms with van der Waals surface area (Å²) in [5.74, 6) is -0.196. The highest BCUT2D eigenvalue weighted by Crippen LogP contribution is 2.23. The quantitative estimate of drug-likeness (QED) is 0.900. The molecule has 1 heterocycles. The molecule has 3 nitrogen and oxygen atoms in total. The van der Waals surface area contributed by atoms with Crippen molar-refractivity contribution >= 4 is 0 Å². The van der Waals surface area contributed by atoms with Gasteiger partial charge in [0.15, 0.2) is 0 Å². The highest BCUT2D eigenvalue weighted by Gasteiger charge is 2.25. The molecule has 2 unspecified atom stereocenters. The van der Waals surface area contributed by atoms with Crippen LogP contribution in [0.2, 0.25) is 0 Å². The van der Waals surface area contributed by atoms with E-state index in [-0.39, 0.29) is 24.1 Å². The van der Waals surface area contributed by atoms with E-state index in [1.165, 1.54) is 6.07 Å². The molecule has 0 aromatic heterocycles. The van der Waals surface area contributed by atoms with E-state index in [0.29, 0.717) is 12.2 Å². The largest absolute Gasteiger partial charge is 0.375 e. The fourth-order valence-electron chi connectivity index (χ4n) is 2.74. The Labute approximate surface area is 120 Å². The molecule has 2 atom stereocenters. The van der Waals surface area contributed by atoms with Crippen LogP contribution in [-0.2, 0) is 22.6 Å². The molecule has 1 aliphatic rings. The van der Waals surface area contributed by atoms with E-state index in [1.807, 2.05) is 13.1 Å². The van der Waals surface area contributed by atoms with Crippen molar-refractivity contribution in [1.82, 2.24) is 5.32 Å². The molecule has 0 radical (unpaired) electrons. The minimum atomic E-state index is -0.196. The molecule has 0 amide bonds. The maximum absolute atomic E-state index is 13.8. The average Bonchev–Trinajstić information content (AvgIpc) is 2.38. The monoisotopic (exact) mass is 281 g/mol. The summed E-state index contributed by atoms with van der Waals surface area (Å²) in [7, 11) is 1.88. The van der Waals surface area contributed by atoms with Crippen LogP contribution in [0.15, 0.2) is 18.2 Å². The molecule has 1 aromatic rings. The first-order valence-electron chi connectivity index (χ1n) is 7.27. The maximum Gasteiger partial charge on any atom is 0.128 e. The second-order valence-electron chi connectivity index (χ2n) is 5.62. The third-order valence-corrected chi connectivity index (χ3v) is 3.62. The lowest BCUT2D eigenvalue weighted by Gasteiger charge is -2.32. The van der Waals surface area contributed by atoms with Crippen molar-refractivity contribution in [3.63, 3.8) is 0 Å². The average molecular weight is 281 g/mol. The Morgan fingerprint density at radius 3 is 2.65 bits per heavy atom. The summed E-state index contributed by atoms with van der Waals surface area (Å²) in [6, 6.07) is 5.19. The lowest BCUT2D eigenvalue weighted by Crippen LogP contribution is -2.34. The van der Waals surface area contributed by atoms with Gasteiger partial charge in [-0.2, -0.15) is 0 Å². The lowest BCUT2D eigenvalue weighted by molar-refractivity contribution is -0.106. The van der Waals surface area contributed by atoms with Crippen LogP contribution in [0.3, 0.4) is 0 Å². The predicted molar refractivity (Wildman–Crippen MR) is 77.0 cm³/mol. The molecule has 1 aromatic carbocycles. The van der Waals surface area contributed by atoms with E-state index < -0.39 is 0 Å². The molecule has 112 valence electrons. The molecule has 1 N–H and O–H groups in total. The SMILES string of the molecule is CNCc1ccc(F)c(COC2CC(C)OC(C)C2)c1. The zero-order valence-electron chi connectivity index (χ0n) is 12.5. The summed E-state index contributed by atoms with van der Waals surface area (Å²) in [5.41, 5.74) is 1.70. The van der Waals surface area contributed by atoms with Gasteiger partial charge in [-0.05, 0) is 51.4 Å². The van der Waals surface area contributed by atoms with E-state index >= 15 is 0 Å². The van der Waals surface area contributed by atoms with Crippen molar-refractivity contribution in [2.45, 2.75) is 58.2 Å². The van der Waals surface area contributed by atoms with Gasteiger partial charge in [0.25, 0.3) is 0 Å². The van der Waals surface area contributed by atoms with Gasteiger partial charge in [0.2, 0.25) is 0 Å². The van der Waals surface area contributed by atoms with Crippen LogP contribution in [0.4, 0.5) is 4.39 Å². The summed E-state index contributed by atoms with van der Waals surface area (Å²) in [5, 5.41) is 3.07. The third-order valence-electron chi connectivity index (χ3n) is 3.62. The smallest absolute Gasteiger partial charge is 0.128 e. The standard InChI is InChI=1S/C16H24FNO2/c1-11-6-15(7-12(2)20-11)19-10-14-8-13(9-18-3)4-5-16(14)17/h4-5,8,11-12,15,18H,6-7,9-10H2,1-3H3. The van der Waals surface area contributed by atoms with Crippen molar-refractivity contribution in [1.29, 1.82) is 0 Å². The van der Waals surface area contributed by atoms with Gasteiger partial charge in [0.1, 0.15) is 5.82 Å². The summed E-state index contributed by atoms with van der Waals surface area (Å²) < 4.78 is 25.4. The van der Waals surface area contributed by atoms with E-state index in [4.69, 9.17) is 9.47 Å². The molecule has 0 aliphatic carbocycles. The zero-order valence-corrected chi connectivity index (χ0v) is 12.5. The Kier molecular flexibility index (Phi) is 5.52. The molecule has 0 saturated carbocycles. The number of ether oxygens (including phenoxy) is 2. The van der Waals surface area contributed by atoms with Crippen LogP contribution in [0.1, 0.15) is 37.8 Å². The van der Waals surface area contributed by atoms with E-state index in [0.717, 1.165) is 24.9 Å². The maximum atomic E-state index is 13.8. The molecule has 0 bridgehead atoms. The first-order chi connectivity index (χ1) is 9.58. The minimum absolute atomic E-state index is 0.154.